The molecule has 0 aliphatic rings. The lowest BCUT2D eigenvalue weighted by Crippen LogP contribution is -2.35. The molecule has 3 aromatic carbocycles. The van der Waals surface area contributed by atoms with E-state index in [1.165, 1.54) is 11.5 Å². The lowest BCUT2D eigenvalue weighted by Gasteiger charge is -2.22. The van der Waals surface area contributed by atoms with Gasteiger partial charge in [-0.2, -0.15) is 0 Å². The molecule has 7 heteroatoms. The molecule has 0 unspecified atom stereocenters. The highest BCUT2D eigenvalue weighted by molar-refractivity contribution is 5.96. The van der Waals surface area contributed by atoms with Crippen LogP contribution < -0.4 is 16.2 Å². The topological polar surface area (TPSA) is 93.1 Å². The monoisotopic (exact) mass is 482 g/mol. The Hall–Kier alpha value is -4.26. The van der Waals surface area contributed by atoms with E-state index < -0.39 is 11.6 Å². The van der Waals surface area contributed by atoms with Gasteiger partial charge in [-0.05, 0) is 63.1 Å². The molecule has 0 radical (unpaired) electrons. The molecule has 36 heavy (non-hydrogen) atoms. The van der Waals surface area contributed by atoms with Gasteiger partial charge in [-0.3, -0.25) is 19.0 Å². The Balaban J connectivity index is 1.91. The number of hydrogen-bond acceptors (Lipinski definition) is 4. The second-order valence-electron chi connectivity index (χ2n) is 9.09. The molecule has 0 spiro atoms. The fourth-order valence-electron chi connectivity index (χ4n) is 4.45. The van der Waals surface area contributed by atoms with Crippen molar-refractivity contribution in [3.8, 4) is 11.3 Å². The zero-order valence-corrected chi connectivity index (χ0v) is 21.2. The third-order valence-corrected chi connectivity index (χ3v) is 6.18. The number of amides is 2. The molecule has 0 aliphatic heterocycles. The molecule has 0 saturated heterocycles. The third-order valence-electron chi connectivity index (χ3n) is 6.18. The van der Waals surface area contributed by atoms with E-state index >= 15 is 0 Å². The lowest BCUT2D eigenvalue weighted by molar-refractivity contribution is -0.119. The number of nitrogens with one attached hydrogen (secondary N) is 2. The van der Waals surface area contributed by atoms with Gasteiger partial charge in [0.15, 0.2) is 0 Å². The summed E-state index contributed by atoms with van der Waals surface area (Å²) in [5.74, 6) is -0.527. The first-order valence-electron chi connectivity index (χ1n) is 12.0. The lowest BCUT2D eigenvalue weighted by atomic mass is 10.0. The minimum atomic E-state index is -0.765. The van der Waals surface area contributed by atoms with Gasteiger partial charge in [0, 0.05) is 18.2 Å². The summed E-state index contributed by atoms with van der Waals surface area (Å²) in [7, 11) is 0. The van der Waals surface area contributed by atoms with Crippen LogP contribution in [-0.4, -0.2) is 21.4 Å². The van der Waals surface area contributed by atoms with Crippen LogP contribution in [0.5, 0.6) is 0 Å². The number of anilines is 2. The molecule has 0 fully saturated rings. The summed E-state index contributed by atoms with van der Waals surface area (Å²) < 4.78 is 1.52. The molecule has 7 nitrogen and oxygen atoms in total. The molecular weight excluding hydrogens is 452 g/mol. The van der Waals surface area contributed by atoms with Crippen molar-refractivity contribution in [2.75, 3.05) is 10.6 Å². The molecule has 2 N–H and O–H groups in total. The van der Waals surface area contributed by atoms with Gasteiger partial charge >= 0.3 is 0 Å². The van der Waals surface area contributed by atoms with E-state index in [-0.39, 0.29) is 17.5 Å². The fourth-order valence-corrected chi connectivity index (χ4v) is 4.45. The van der Waals surface area contributed by atoms with Gasteiger partial charge in [-0.15, -0.1) is 0 Å². The van der Waals surface area contributed by atoms with Crippen LogP contribution in [0.25, 0.3) is 22.3 Å². The van der Waals surface area contributed by atoms with Gasteiger partial charge in [-0.1, -0.05) is 48.4 Å². The predicted octanol–water partition coefficient (Wildman–Crippen LogP) is 5.54. The molecular formula is C29H30N4O3. The SMILES string of the molecule is CC[C@@H](C(=O)Nc1ccc(C)cc1C)n1c(=O)c(-c2cc(C)ccc2NC(C)=O)nc2ccccc21. The average Bonchev–Trinajstić information content (AvgIpc) is 2.83. The Morgan fingerprint density at radius 1 is 0.917 bits per heavy atom. The van der Waals surface area contributed by atoms with Crippen LogP contribution in [0.15, 0.2) is 65.5 Å². The summed E-state index contributed by atoms with van der Waals surface area (Å²) >= 11 is 0. The van der Waals surface area contributed by atoms with E-state index in [1.54, 1.807) is 12.1 Å². The minimum absolute atomic E-state index is 0.180. The summed E-state index contributed by atoms with van der Waals surface area (Å²) in [6, 6.07) is 17.8. The predicted molar refractivity (Wildman–Crippen MR) is 144 cm³/mol. The summed E-state index contributed by atoms with van der Waals surface area (Å²) in [5.41, 5.74) is 5.63. The molecule has 0 saturated carbocycles. The number of nitrogens with zero attached hydrogens (tertiary/aromatic N) is 2. The highest BCUT2D eigenvalue weighted by Crippen LogP contribution is 2.29. The molecule has 1 heterocycles. The van der Waals surface area contributed by atoms with E-state index in [0.717, 1.165) is 16.7 Å². The summed E-state index contributed by atoms with van der Waals surface area (Å²) in [6.07, 6.45) is 0.399. The maximum Gasteiger partial charge on any atom is 0.278 e. The first kappa shape index (κ1) is 24.9. The van der Waals surface area contributed by atoms with Crippen molar-refractivity contribution >= 4 is 34.2 Å². The second kappa shape index (κ2) is 10.2. The van der Waals surface area contributed by atoms with E-state index in [1.807, 2.05) is 76.2 Å². The molecule has 4 rings (SSSR count). The Labute approximate surface area is 210 Å². The first-order chi connectivity index (χ1) is 17.2. The van der Waals surface area contributed by atoms with E-state index in [9.17, 15) is 14.4 Å². The maximum atomic E-state index is 14.0. The van der Waals surface area contributed by atoms with Crippen LogP contribution in [0.4, 0.5) is 11.4 Å². The number of para-hydroxylation sites is 2. The summed E-state index contributed by atoms with van der Waals surface area (Å²) in [4.78, 5) is 44.1. The number of hydrogen-bond donors (Lipinski definition) is 2. The largest absolute Gasteiger partial charge is 0.326 e. The van der Waals surface area contributed by atoms with E-state index in [0.29, 0.717) is 34.4 Å². The zero-order valence-electron chi connectivity index (χ0n) is 21.2. The van der Waals surface area contributed by atoms with E-state index in [2.05, 4.69) is 15.6 Å². The Morgan fingerprint density at radius 3 is 2.25 bits per heavy atom. The molecule has 1 aromatic heterocycles. The van der Waals surface area contributed by atoms with Crippen LogP contribution in [0.2, 0.25) is 0 Å². The molecule has 184 valence electrons. The van der Waals surface area contributed by atoms with Gasteiger partial charge < -0.3 is 10.6 Å². The number of aromatic nitrogens is 2. The van der Waals surface area contributed by atoms with Crippen LogP contribution in [0, 0.1) is 20.8 Å². The highest BCUT2D eigenvalue weighted by Gasteiger charge is 2.25. The van der Waals surface area contributed by atoms with Crippen molar-refractivity contribution in [3.05, 3.63) is 87.7 Å². The number of carbonyl (C=O) groups is 2. The maximum absolute atomic E-state index is 14.0. The second-order valence-corrected chi connectivity index (χ2v) is 9.09. The third kappa shape index (κ3) is 4.91. The normalized spacial score (nSPS) is 11.8. The van der Waals surface area contributed by atoms with Crippen molar-refractivity contribution in [1.82, 2.24) is 9.55 Å². The fraction of sp³-hybridized carbons (Fsp3) is 0.241. The summed E-state index contributed by atoms with van der Waals surface area (Å²) in [6.45, 7) is 9.14. The Morgan fingerprint density at radius 2 is 1.58 bits per heavy atom. The highest BCUT2D eigenvalue weighted by atomic mass is 16.2. The van der Waals surface area contributed by atoms with Gasteiger partial charge in [0.05, 0.1) is 16.7 Å². The molecule has 0 bridgehead atoms. The van der Waals surface area contributed by atoms with Crippen LogP contribution >= 0.6 is 0 Å². The molecule has 1 atom stereocenters. The number of fused-ring (bicyclic) bond motifs is 1. The number of rotatable bonds is 6. The van der Waals surface area contributed by atoms with Gasteiger partial charge in [0.2, 0.25) is 11.8 Å². The van der Waals surface area contributed by atoms with Crippen molar-refractivity contribution in [3.63, 3.8) is 0 Å². The van der Waals surface area contributed by atoms with Crippen molar-refractivity contribution in [1.29, 1.82) is 0 Å². The van der Waals surface area contributed by atoms with Gasteiger partial charge in [0.1, 0.15) is 11.7 Å². The summed E-state index contributed by atoms with van der Waals surface area (Å²) in [5, 5.41) is 5.81. The van der Waals surface area contributed by atoms with Crippen molar-refractivity contribution < 1.29 is 9.59 Å². The number of benzene rings is 3. The molecule has 4 aromatic rings. The Bertz CT molecular complexity index is 1540. The quantitative estimate of drug-likeness (QED) is 0.378. The van der Waals surface area contributed by atoms with Crippen LogP contribution in [0.1, 0.15) is 43.0 Å². The number of carbonyl (C=O) groups excluding carboxylic acids is 2. The standard InChI is InChI=1S/C29H30N4O3/c1-6-25(28(35)32-22-13-11-17(2)15-19(22)4)33-26-10-8-7-9-24(26)31-27(29(33)36)21-16-18(3)12-14-23(21)30-20(5)34/h7-16,25H,6H2,1-5H3,(H,30,34)(H,32,35)/t25-/m0/s1. The van der Waals surface area contributed by atoms with Gasteiger partial charge in [-0.25, -0.2) is 4.98 Å². The van der Waals surface area contributed by atoms with Gasteiger partial charge in [0.25, 0.3) is 5.56 Å². The smallest absolute Gasteiger partial charge is 0.278 e. The first-order valence-corrected chi connectivity index (χ1v) is 12.0. The minimum Gasteiger partial charge on any atom is -0.326 e. The van der Waals surface area contributed by atoms with Crippen LogP contribution in [-0.2, 0) is 9.59 Å². The molecule has 2 amide bonds. The van der Waals surface area contributed by atoms with Crippen LogP contribution in [0.3, 0.4) is 0 Å². The van der Waals surface area contributed by atoms with Crippen molar-refractivity contribution in [2.45, 2.75) is 47.1 Å². The molecule has 0 aliphatic carbocycles. The average molecular weight is 483 g/mol. The van der Waals surface area contributed by atoms with Crippen molar-refractivity contribution in [2.24, 2.45) is 0 Å². The Kier molecular flexibility index (Phi) is 7.01. The zero-order chi connectivity index (χ0) is 26.0. The number of aryl methyl sites for hydroxylation is 3. The van der Waals surface area contributed by atoms with E-state index in [4.69, 9.17) is 0 Å².